The van der Waals surface area contributed by atoms with Crippen molar-refractivity contribution in [1.82, 2.24) is 15.6 Å². The van der Waals surface area contributed by atoms with Crippen LogP contribution in [-0.4, -0.2) is 79.6 Å². The molecule has 5 aromatic carbocycles. The van der Waals surface area contributed by atoms with Gasteiger partial charge in [0.15, 0.2) is 5.69 Å². The topological polar surface area (TPSA) is 168 Å². The lowest BCUT2D eigenvalue weighted by Gasteiger charge is -2.35. The van der Waals surface area contributed by atoms with Gasteiger partial charge in [-0.15, -0.1) is 11.8 Å². The van der Waals surface area contributed by atoms with Crippen molar-refractivity contribution < 1.29 is 42.5 Å². The number of allylic oxidation sites excluding steroid dienone is 1. The van der Waals surface area contributed by atoms with Gasteiger partial charge in [-0.3, -0.25) is 4.79 Å². The molecule has 0 radical (unpaired) electrons. The number of nitrogens with one attached hydrogen (secondary N) is 2. The number of oxazole rings is 1. The Labute approximate surface area is 413 Å². The van der Waals surface area contributed by atoms with Gasteiger partial charge in [0, 0.05) is 5.92 Å². The molecule has 362 valence electrons. The molecule has 0 saturated heterocycles. The number of aliphatic imine (C=N–C) groups is 1. The average molecular weight is 963 g/mol. The Morgan fingerprint density at radius 2 is 1.31 bits per heavy atom. The predicted octanol–water partition coefficient (Wildman–Crippen LogP) is 9.78. The highest BCUT2D eigenvalue weighted by Crippen LogP contribution is 2.49. The Balaban J connectivity index is 1.06. The Bertz CT molecular complexity index is 2620. The number of aromatic nitrogens is 1. The number of fused-ring (bicyclic) bond motifs is 3. The fourth-order valence-electron chi connectivity index (χ4n) is 8.47. The van der Waals surface area contributed by atoms with E-state index in [1.807, 2.05) is 97.1 Å². The fraction of sp³-hybridized carbons (Fsp3) is 0.286. The van der Waals surface area contributed by atoms with Crippen molar-refractivity contribution in [3.8, 4) is 11.1 Å². The SMILES string of the molecule is COC(=O)C(C)N=C(OC)c1coc(CNC(=O)CC(/C=C/CCSC(c2ccccc2)(c2ccccc2)c2ccccc2)OC(=O)[C@@H](NC(=O)OCC2c3ccccc3-c3ccccc32)C(C)C)n1. The smallest absolute Gasteiger partial charge is 0.407 e. The minimum absolute atomic E-state index is 0.0504. The number of carbonyl (C=O) groups excluding carboxylic acids is 4. The zero-order chi connectivity index (χ0) is 49.5. The molecule has 0 aliphatic heterocycles. The van der Waals surface area contributed by atoms with E-state index in [-0.39, 0.29) is 48.9 Å². The molecule has 2 unspecified atom stereocenters. The van der Waals surface area contributed by atoms with Gasteiger partial charge in [0.1, 0.15) is 31.1 Å². The van der Waals surface area contributed by atoms with Gasteiger partial charge in [-0.05, 0) is 70.0 Å². The van der Waals surface area contributed by atoms with Crippen LogP contribution in [0.3, 0.4) is 0 Å². The highest BCUT2D eigenvalue weighted by Gasteiger charge is 2.37. The third kappa shape index (κ3) is 12.2. The zero-order valence-electron chi connectivity index (χ0n) is 39.9. The summed E-state index contributed by atoms with van der Waals surface area (Å²) in [5.41, 5.74) is 7.94. The first kappa shape index (κ1) is 50.4. The maximum absolute atomic E-state index is 14.1. The van der Waals surface area contributed by atoms with Crippen molar-refractivity contribution in [2.45, 2.75) is 69.0 Å². The lowest BCUT2D eigenvalue weighted by Crippen LogP contribution is -2.47. The number of carbonyl (C=O) groups is 4. The van der Waals surface area contributed by atoms with Gasteiger partial charge in [-0.2, -0.15) is 0 Å². The summed E-state index contributed by atoms with van der Waals surface area (Å²) in [5, 5.41) is 5.53. The number of alkyl carbamates (subject to hydrolysis) is 1. The first-order valence-electron chi connectivity index (χ1n) is 23.2. The maximum Gasteiger partial charge on any atom is 0.407 e. The number of ether oxygens (including phenoxy) is 4. The molecule has 0 fully saturated rings. The molecular formula is C56H58N4O9S. The van der Waals surface area contributed by atoms with Crippen LogP contribution in [0.2, 0.25) is 0 Å². The van der Waals surface area contributed by atoms with Gasteiger partial charge in [-0.25, -0.2) is 24.4 Å². The van der Waals surface area contributed by atoms with Crippen LogP contribution in [-0.2, 0) is 44.6 Å². The molecule has 2 amide bonds. The van der Waals surface area contributed by atoms with Crippen molar-refractivity contribution in [3.63, 3.8) is 0 Å². The molecule has 1 aliphatic rings. The number of thioether (sulfide) groups is 1. The summed E-state index contributed by atoms with van der Waals surface area (Å²) in [6.45, 7) is 5.10. The van der Waals surface area contributed by atoms with Gasteiger partial charge in [0.05, 0.1) is 31.9 Å². The van der Waals surface area contributed by atoms with E-state index in [1.54, 1.807) is 38.6 Å². The van der Waals surface area contributed by atoms with Crippen LogP contribution in [0.4, 0.5) is 4.79 Å². The van der Waals surface area contributed by atoms with E-state index in [2.05, 4.69) is 69.1 Å². The number of benzene rings is 5. The predicted molar refractivity (Wildman–Crippen MR) is 270 cm³/mol. The third-order valence-corrected chi connectivity index (χ3v) is 13.5. The van der Waals surface area contributed by atoms with Crippen molar-refractivity contribution in [3.05, 3.63) is 197 Å². The summed E-state index contributed by atoms with van der Waals surface area (Å²) < 4.78 is 27.0. The molecule has 1 aliphatic carbocycles. The summed E-state index contributed by atoms with van der Waals surface area (Å²) in [6.07, 6.45) is 3.47. The van der Waals surface area contributed by atoms with Crippen LogP contribution in [0.1, 0.15) is 78.9 Å². The number of esters is 2. The van der Waals surface area contributed by atoms with Crippen LogP contribution >= 0.6 is 11.8 Å². The second kappa shape index (κ2) is 24.2. The number of amides is 2. The van der Waals surface area contributed by atoms with Crippen molar-refractivity contribution in [2.24, 2.45) is 10.9 Å². The second-order valence-corrected chi connectivity index (χ2v) is 18.3. The summed E-state index contributed by atoms with van der Waals surface area (Å²) in [6, 6.07) is 45.4. The average Bonchev–Trinajstić information content (AvgIpc) is 4.00. The molecular weight excluding hydrogens is 905 g/mol. The molecule has 3 atom stereocenters. The molecule has 0 spiro atoms. The molecule has 0 saturated carbocycles. The Morgan fingerprint density at radius 1 is 0.757 bits per heavy atom. The second-order valence-electron chi connectivity index (χ2n) is 17.0. The van der Waals surface area contributed by atoms with Gasteiger partial charge in [0.25, 0.3) is 0 Å². The number of rotatable bonds is 21. The molecule has 70 heavy (non-hydrogen) atoms. The summed E-state index contributed by atoms with van der Waals surface area (Å²) in [7, 11) is 2.65. The lowest BCUT2D eigenvalue weighted by atomic mass is 9.84. The van der Waals surface area contributed by atoms with Gasteiger partial charge >= 0.3 is 18.0 Å². The van der Waals surface area contributed by atoms with E-state index < -0.39 is 46.9 Å². The first-order valence-corrected chi connectivity index (χ1v) is 24.2. The molecule has 7 rings (SSSR count). The minimum Gasteiger partial charge on any atom is -0.480 e. The highest BCUT2D eigenvalue weighted by molar-refractivity contribution is 8.00. The summed E-state index contributed by atoms with van der Waals surface area (Å²) >= 11 is 1.79. The van der Waals surface area contributed by atoms with Crippen LogP contribution in [0.5, 0.6) is 0 Å². The number of hydrogen-bond acceptors (Lipinski definition) is 12. The molecule has 1 heterocycles. The van der Waals surface area contributed by atoms with Gasteiger partial charge in [0.2, 0.25) is 17.7 Å². The Morgan fingerprint density at radius 3 is 1.86 bits per heavy atom. The first-order chi connectivity index (χ1) is 34.0. The quantitative estimate of drug-likeness (QED) is 0.0134. The largest absolute Gasteiger partial charge is 0.480 e. The lowest BCUT2D eigenvalue weighted by molar-refractivity contribution is -0.151. The number of hydrogen-bond donors (Lipinski definition) is 2. The van der Waals surface area contributed by atoms with Gasteiger partial charge in [-0.1, -0.05) is 159 Å². The van der Waals surface area contributed by atoms with Crippen molar-refractivity contribution in [2.75, 3.05) is 26.6 Å². The summed E-state index contributed by atoms with van der Waals surface area (Å²) in [5.74, 6) is -1.43. The minimum atomic E-state index is -1.09. The zero-order valence-corrected chi connectivity index (χ0v) is 40.7. The molecule has 0 bridgehead atoms. The van der Waals surface area contributed by atoms with Gasteiger partial charge < -0.3 is 34.0 Å². The third-order valence-electron chi connectivity index (χ3n) is 11.9. The molecule has 14 heteroatoms. The van der Waals surface area contributed by atoms with E-state index in [0.717, 1.165) is 38.9 Å². The van der Waals surface area contributed by atoms with Crippen molar-refractivity contribution in [1.29, 1.82) is 0 Å². The normalized spacial score (nSPS) is 13.7. The highest BCUT2D eigenvalue weighted by atomic mass is 32.2. The molecule has 1 aromatic heterocycles. The standard InChI is InChI=1S/C56H58N4O9S/c1-37(2)51(60-55(64)68-35-47-45-30-17-15-28-43(45)44-29-16-18-31-46(44)47)54(63)69-42(33-49(61)57-34-50-59-48(36-67-50)52(65-4)58-38(3)53(62)66-5)27-19-20-32-70-56(39-21-9-6-10-22-39,40-23-11-7-12-24-40)41-25-13-8-14-26-41/h6-19,21-31,36-38,42,47,51H,20,32-35H2,1-5H3,(H,57,61)(H,60,64)/b27-19+,58-52?/t38?,42?,51-/m0/s1. The van der Waals surface area contributed by atoms with E-state index in [4.69, 9.17) is 23.4 Å². The molecule has 13 nitrogen and oxygen atoms in total. The number of nitrogens with zero attached hydrogens (tertiary/aromatic N) is 2. The van der Waals surface area contributed by atoms with E-state index in [9.17, 15) is 19.2 Å². The van der Waals surface area contributed by atoms with Crippen LogP contribution in [0.15, 0.2) is 167 Å². The van der Waals surface area contributed by atoms with E-state index in [1.165, 1.54) is 20.5 Å². The van der Waals surface area contributed by atoms with E-state index in [0.29, 0.717) is 12.2 Å². The van der Waals surface area contributed by atoms with E-state index >= 15 is 0 Å². The number of methoxy groups -OCH3 is 2. The molecule has 2 N–H and O–H groups in total. The van der Waals surface area contributed by atoms with Crippen molar-refractivity contribution >= 4 is 41.6 Å². The Kier molecular flexibility index (Phi) is 17.4. The van der Waals surface area contributed by atoms with Crippen LogP contribution in [0, 0.1) is 5.92 Å². The Hall–Kier alpha value is -7.45. The fourth-order valence-corrected chi connectivity index (χ4v) is 9.94. The monoisotopic (exact) mass is 962 g/mol. The molecule has 6 aromatic rings. The van der Waals surface area contributed by atoms with Crippen LogP contribution in [0.25, 0.3) is 11.1 Å². The maximum atomic E-state index is 14.1. The summed E-state index contributed by atoms with van der Waals surface area (Å²) in [4.78, 5) is 61.7. The van der Waals surface area contributed by atoms with Crippen LogP contribution < -0.4 is 10.6 Å².